The molecule has 0 aliphatic heterocycles. The molecule has 1 heterocycles. The van der Waals surface area contributed by atoms with Crippen LogP contribution in [0.4, 0.5) is 5.69 Å². The molecule has 1 amide bonds. The van der Waals surface area contributed by atoms with Crippen molar-refractivity contribution in [1.29, 1.82) is 0 Å². The number of carbonyl (C=O) groups excluding carboxylic acids is 2. The molecule has 1 atom stereocenters. The van der Waals surface area contributed by atoms with Gasteiger partial charge in [0.2, 0.25) is 11.1 Å². The number of carbonyl (C=O) groups is 2. The molecule has 0 saturated carbocycles. The molecule has 0 aliphatic carbocycles. The van der Waals surface area contributed by atoms with E-state index in [1.807, 2.05) is 13.0 Å². The second-order valence-corrected chi connectivity index (χ2v) is 6.04. The van der Waals surface area contributed by atoms with Crippen molar-refractivity contribution in [3.05, 3.63) is 24.3 Å². The largest absolute Gasteiger partial charge is 0.465 e. The number of benzene rings is 1. The van der Waals surface area contributed by atoms with Gasteiger partial charge in [0.25, 0.3) is 0 Å². The van der Waals surface area contributed by atoms with Gasteiger partial charge in [-0.3, -0.25) is 9.59 Å². The highest BCUT2D eigenvalue weighted by Crippen LogP contribution is 2.26. The third kappa shape index (κ3) is 4.54. The van der Waals surface area contributed by atoms with Crippen molar-refractivity contribution in [3.63, 3.8) is 0 Å². The van der Waals surface area contributed by atoms with Gasteiger partial charge in [0, 0.05) is 12.6 Å². The fraction of sp³-hybridized carbons (Fsp3) is 0.400. The van der Waals surface area contributed by atoms with E-state index in [1.54, 1.807) is 25.1 Å². The summed E-state index contributed by atoms with van der Waals surface area (Å²) in [5.74, 6) is -0.446. The maximum atomic E-state index is 12.0. The van der Waals surface area contributed by atoms with Gasteiger partial charge in [-0.1, -0.05) is 24.8 Å². The lowest BCUT2D eigenvalue weighted by Gasteiger charge is -2.12. The van der Waals surface area contributed by atoms with Crippen LogP contribution in [-0.4, -0.2) is 43.9 Å². The Morgan fingerprint density at radius 2 is 2.17 bits per heavy atom. The van der Waals surface area contributed by atoms with Crippen LogP contribution in [0.1, 0.15) is 27.2 Å². The summed E-state index contributed by atoms with van der Waals surface area (Å²) in [5.41, 5.74) is 1.33. The predicted octanol–water partition coefficient (Wildman–Crippen LogP) is 2.05. The highest BCUT2D eigenvalue weighted by molar-refractivity contribution is 8.00. The second-order valence-electron chi connectivity index (χ2n) is 4.87. The fourth-order valence-electron chi connectivity index (χ4n) is 1.99. The Labute approximate surface area is 144 Å². The Kier molecular flexibility index (Phi) is 6.30. The van der Waals surface area contributed by atoms with Crippen LogP contribution in [0.5, 0.6) is 0 Å². The fourth-order valence-corrected chi connectivity index (χ4v) is 2.90. The number of tetrazole rings is 1. The van der Waals surface area contributed by atoms with Crippen molar-refractivity contribution in [2.24, 2.45) is 0 Å². The maximum Gasteiger partial charge on any atom is 0.319 e. The minimum absolute atomic E-state index is 0.160. The summed E-state index contributed by atoms with van der Waals surface area (Å²) >= 11 is 1.25. The quantitative estimate of drug-likeness (QED) is 0.603. The van der Waals surface area contributed by atoms with Crippen molar-refractivity contribution in [3.8, 4) is 5.69 Å². The third-order valence-corrected chi connectivity index (χ3v) is 4.30. The molecule has 24 heavy (non-hydrogen) atoms. The molecular formula is C15H19N5O3S. The molecule has 0 bridgehead atoms. The first-order valence-electron chi connectivity index (χ1n) is 7.54. The first-order valence-corrected chi connectivity index (χ1v) is 8.42. The van der Waals surface area contributed by atoms with E-state index in [-0.39, 0.29) is 17.1 Å². The van der Waals surface area contributed by atoms with Crippen LogP contribution in [0.2, 0.25) is 0 Å². The molecule has 1 aromatic heterocycles. The molecule has 2 rings (SSSR count). The summed E-state index contributed by atoms with van der Waals surface area (Å²) in [7, 11) is 0. The normalized spacial score (nSPS) is 11.8. The second kappa shape index (κ2) is 8.44. The van der Waals surface area contributed by atoms with E-state index in [2.05, 4.69) is 20.8 Å². The van der Waals surface area contributed by atoms with E-state index in [0.717, 1.165) is 0 Å². The lowest BCUT2D eigenvalue weighted by atomic mass is 10.3. The van der Waals surface area contributed by atoms with E-state index in [1.165, 1.54) is 23.4 Å². The van der Waals surface area contributed by atoms with Gasteiger partial charge in [-0.05, 0) is 42.0 Å². The number of hydrogen-bond donors (Lipinski definition) is 1. The van der Waals surface area contributed by atoms with Crippen LogP contribution in [0, 0.1) is 0 Å². The van der Waals surface area contributed by atoms with Crippen LogP contribution in [0.3, 0.4) is 0 Å². The lowest BCUT2D eigenvalue weighted by Crippen LogP contribution is -2.20. The first kappa shape index (κ1) is 17.9. The Hall–Kier alpha value is -2.42. The van der Waals surface area contributed by atoms with Crippen LogP contribution >= 0.6 is 11.8 Å². The van der Waals surface area contributed by atoms with Crippen LogP contribution < -0.4 is 5.32 Å². The molecule has 2 aromatic rings. The van der Waals surface area contributed by atoms with Gasteiger partial charge < -0.3 is 10.1 Å². The van der Waals surface area contributed by atoms with E-state index >= 15 is 0 Å². The number of ether oxygens (including phenoxy) is 1. The highest BCUT2D eigenvalue weighted by atomic mass is 32.2. The average Bonchev–Trinajstić information content (AvgIpc) is 3.00. The monoisotopic (exact) mass is 349 g/mol. The molecule has 0 radical (unpaired) electrons. The molecule has 1 aromatic carbocycles. The van der Waals surface area contributed by atoms with Gasteiger partial charge in [0.15, 0.2) is 0 Å². The van der Waals surface area contributed by atoms with E-state index in [0.29, 0.717) is 29.6 Å². The zero-order valence-electron chi connectivity index (χ0n) is 13.7. The van der Waals surface area contributed by atoms with Crippen molar-refractivity contribution in [2.45, 2.75) is 37.6 Å². The third-order valence-electron chi connectivity index (χ3n) is 3.02. The summed E-state index contributed by atoms with van der Waals surface area (Å²) in [4.78, 5) is 23.1. The standard InChI is InChI=1S/C15H19N5O3S/c1-4-13(14(22)23-5-2)24-15-17-18-19-20(15)12-8-6-7-11(9-12)16-10(3)21/h6-9,13H,4-5H2,1-3H3,(H,16,21)/t13-/m1/s1. The number of nitrogens with one attached hydrogen (secondary N) is 1. The highest BCUT2D eigenvalue weighted by Gasteiger charge is 2.23. The summed E-state index contributed by atoms with van der Waals surface area (Å²) < 4.78 is 6.59. The lowest BCUT2D eigenvalue weighted by molar-refractivity contribution is -0.142. The van der Waals surface area contributed by atoms with Gasteiger partial charge in [0.05, 0.1) is 12.3 Å². The summed E-state index contributed by atoms with van der Waals surface area (Å²) in [6, 6.07) is 7.14. The number of rotatable bonds is 7. The Morgan fingerprint density at radius 3 is 2.83 bits per heavy atom. The molecular weight excluding hydrogens is 330 g/mol. The topological polar surface area (TPSA) is 99.0 Å². The summed E-state index contributed by atoms with van der Waals surface area (Å²) in [6.07, 6.45) is 0.599. The minimum atomic E-state index is -0.381. The van der Waals surface area contributed by atoms with Gasteiger partial charge in [-0.25, -0.2) is 0 Å². The number of nitrogens with zero attached hydrogens (tertiary/aromatic N) is 4. The minimum Gasteiger partial charge on any atom is -0.465 e. The summed E-state index contributed by atoms with van der Waals surface area (Å²) in [6.45, 7) is 5.45. The number of thioether (sulfide) groups is 1. The maximum absolute atomic E-state index is 12.0. The Bertz CT molecular complexity index is 719. The number of esters is 1. The van der Waals surface area contributed by atoms with Crippen molar-refractivity contribution < 1.29 is 14.3 Å². The van der Waals surface area contributed by atoms with E-state index in [4.69, 9.17) is 4.74 Å². The zero-order valence-corrected chi connectivity index (χ0v) is 14.5. The molecule has 1 N–H and O–H groups in total. The smallest absolute Gasteiger partial charge is 0.319 e. The van der Waals surface area contributed by atoms with Crippen LogP contribution in [-0.2, 0) is 14.3 Å². The zero-order chi connectivity index (χ0) is 17.5. The molecule has 0 fully saturated rings. The predicted molar refractivity (Wildman–Crippen MR) is 90.0 cm³/mol. The molecule has 0 spiro atoms. The van der Waals surface area contributed by atoms with Gasteiger partial charge >= 0.3 is 5.97 Å². The number of amides is 1. The molecule has 0 saturated heterocycles. The molecule has 128 valence electrons. The van der Waals surface area contributed by atoms with E-state index in [9.17, 15) is 9.59 Å². The molecule has 0 unspecified atom stereocenters. The van der Waals surface area contributed by atoms with Gasteiger partial charge in [-0.15, -0.1) is 5.10 Å². The number of aromatic nitrogens is 4. The van der Waals surface area contributed by atoms with Crippen LogP contribution in [0.15, 0.2) is 29.4 Å². The van der Waals surface area contributed by atoms with Crippen molar-refractivity contribution in [2.75, 3.05) is 11.9 Å². The summed E-state index contributed by atoms with van der Waals surface area (Å²) in [5, 5.41) is 14.4. The van der Waals surface area contributed by atoms with Crippen molar-refractivity contribution in [1.82, 2.24) is 20.2 Å². The average molecular weight is 349 g/mol. The first-order chi connectivity index (χ1) is 11.5. The Morgan fingerprint density at radius 1 is 1.38 bits per heavy atom. The SMILES string of the molecule is CCOC(=O)[C@@H](CC)Sc1nnnn1-c1cccc(NC(C)=O)c1. The molecule has 9 heteroatoms. The Balaban J connectivity index is 2.23. The van der Waals surface area contributed by atoms with E-state index < -0.39 is 0 Å². The van der Waals surface area contributed by atoms with Gasteiger partial charge in [-0.2, -0.15) is 4.68 Å². The molecule has 0 aliphatic rings. The van der Waals surface area contributed by atoms with Crippen molar-refractivity contribution >= 4 is 29.3 Å². The number of anilines is 1. The molecule has 8 nitrogen and oxygen atoms in total. The van der Waals surface area contributed by atoms with Gasteiger partial charge in [0.1, 0.15) is 5.25 Å². The number of hydrogen-bond acceptors (Lipinski definition) is 7. The van der Waals surface area contributed by atoms with Crippen LogP contribution in [0.25, 0.3) is 5.69 Å².